The molecule has 2 aliphatic heterocycles. The van der Waals surface area contributed by atoms with Crippen LogP contribution in [-0.4, -0.2) is 50.5 Å². The first-order valence-corrected chi connectivity index (χ1v) is 9.20. The van der Waals surface area contributed by atoms with Crippen LogP contribution in [0.5, 0.6) is 0 Å². The van der Waals surface area contributed by atoms with Crippen LogP contribution in [-0.2, 0) is 26.0 Å². The lowest BCUT2D eigenvalue weighted by Crippen LogP contribution is -2.50. The van der Waals surface area contributed by atoms with Gasteiger partial charge >= 0.3 is 0 Å². The second-order valence-electron chi connectivity index (χ2n) is 6.66. The number of morpholine rings is 1. The number of carbonyl (C=O) groups is 1. The molecule has 6 nitrogen and oxygen atoms in total. The zero-order valence-corrected chi connectivity index (χ0v) is 14.5. The summed E-state index contributed by atoms with van der Waals surface area (Å²) in [7, 11) is -3.54. The number of carbonyl (C=O) groups excluding carboxylic acids is 1. The molecule has 1 amide bonds. The molecule has 1 aromatic carbocycles. The maximum Gasteiger partial charge on any atom is 0.243 e. The highest BCUT2D eigenvalue weighted by molar-refractivity contribution is 7.89. The van der Waals surface area contributed by atoms with Gasteiger partial charge in [0.05, 0.1) is 17.1 Å². The standard InChI is InChI=1S/C16H22N2O4S/c1-12(19)18-7-6-13-10-14(4-5-15(13)18)23(20,21)17-8-9-22-16(2,3)11-17/h4-5,10H,6-9,11H2,1-3H3. The quantitative estimate of drug-likeness (QED) is 0.817. The number of rotatable bonds is 2. The van der Waals surface area contributed by atoms with Gasteiger partial charge in [-0.15, -0.1) is 0 Å². The first-order chi connectivity index (χ1) is 10.7. The number of nitrogens with zero attached hydrogens (tertiary/aromatic N) is 2. The van der Waals surface area contributed by atoms with E-state index in [2.05, 4.69) is 0 Å². The molecule has 2 aliphatic rings. The van der Waals surface area contributed by atoms with Crippen LogP contribution in [0.25, 0.3) is 0 Å². The fourth-order valence-corrected chi connectivity index (χ4v) is 4.82. The summed E-state index contributed by atoms with van der Waals surface area (Å²) in [5, 5.41) is 0. The Bertz CT molecular complexity index is 742. The first kappa shape index (κ1) is 16.4. The minimum Gasteiger partial charge on any atom is -0.373 e. The molecule has 7 heteroatoms. The molecule has 0 aromatic heterocycles. The van der Waals surface area contributed by atoms with Crippen molar-refractivity contribution >= 4 is 21.6 Å². The molecule has 126 valence electrons. The van der Waals surface area contributed by atoms with Crippen molar-refractivity contribution < 1.29 is 17.9 Å². The van der Waals surface area contributed by atoms with Crippen LogP contribution < -0.4 is 4.90 Å². The molecule has 0 saturated carbocycles. The van der Waals surface area contributed by atoms with E-state index in [0.717, 1.165) is 11.3 Å². The minimum atomic E-state index is -3.54. The highest BCUT2D eigenvalue weighted by Gasteiger charge is 2.35. The van der Waals surface area contributed by atoms with Gasteiger partial charge in [0.2, 0.25) is 15.9 Å². The van der Waals surface area contributed by atoms with Crippen molar-refractivity contribution in [2.45, 2.75) is 37.7 Å². The predicted molar refractivity (Wildman–Crippen MR) is 87.0 cm³/mol. The summed E-state index contributed by atoms with van der Waals surface area (Å²) in [6.45, 7) is 7.02. The average Bonchev–Trinajstić information content (AvgIpc) is 2.89. The molecule has 0 aliphatic carbocycles. The highest BCUT2D eigenvalue weighted by Crippen LogP contribution is 2.32. The van der Waals surface area contributed by atoms with Crippen molar-refractivity contribution in [3.63, 3.8) is 0 Å². The summed E-state index contributed by atoms with van der Waals surface area (Å²) in [5.74, 6) is -0.0192. The van der Waals surface area contributed by atoms with Crippen molar-refractivity contribution in [3.8, 4) is 0 Å². The second kappa shape index (κ2) is 5.58. The van der Waals surface area contributed by atoms with Crippen LogP contribution in [0.4, 0.5) is 5.69 Å². The van der Waals surface area contributed by atoms with Crippen LogP contribution in [0.1, 0.15) is 26.3 Å². The van der Waals surface area contributed by atoms with E-state index < -0.39 is 15.6 Å². The van der Waals surface area contributed by atoms with Crippen molar-refractivity contribution in [2.75, 3.05) is 31.1 Å². The molecular formula is C16H22N2O4S. The van der Waals surface area contributed by atoms with E-state index in [1.54, 1.807) is 23.1 Å². The number of hydrogen-bond donors (Lipinski definition) is 0. The number of amides is 1. The van der Waals surface area contributed by atoms with Gasteiger partial charge in [0, 0.05) is 32.2 Å². The Kier molecular flexibility index (Phi) is 3.98. The molecular weight excluding hydrogens is 316 g/mol. The first-order valence-electron chi connectivity index (χ1n) is 7.76. The molecule has 0 radical (unpaired) electrons. The van der Waals surface area contributed by atoms with Crippen LogP contribution in [0.3, 0.4) is 0 Å². The summed E-state index contributed by atoms with van der Waals surface area (Å²) in [6, 6.07) is 5.04. The molecule has 0 atom stereocenters. The highest BCUT2D eigenvalue weighted by atomic mass is 32.2. The zero-order chi connectivity index (χ0) is 16.8. The van der Waals surface area contributed by atoms with Crippen LogP contribution in [0, 0.1) is 0 Å². The number of sulfonamides is 1. The smallest absolute Gasteiger partial charge is 0.243 e. The van der Waals surface area contributed by atoms with Crippen molar-refractivity contribution in [1.82, 2.24) is 4.31 Å². The SMILES string of the molecule is CC(=O)N1CCc2cc(S(=O)(=O)N3CCOC(C)(C)C3)ccc21. The molecule has 3 rings (SSSR count). The molecule has 2 heterocycles. The van der Waals surface area contributed by atoms with Gasteiger partial charge < -0.3 is 9.64 Å². The summed E-state index contributed by atoms with van der Waals surface area (Å²) < 4.78 is 32.8. The lowest BCUT2D eigenvalue weighted by atomic mass is 10.1. The van der Waals surface area contributed by atoms with Crippen LogP contribution in [0.15, 0.2) is 23.1 Å². The number of fused-ring (bicyclic) bond motifs is 1. The lowest BCUT2D eigenvalue weighted by molar-refractivity contribution is -0.116. The van der Waals surface area contributed by atoms with Crippen molar-refractivity contribution in [2.24, 2.45) is 0 Å². The van der Waals surface area contributed by atoms with E-state index in [1.807, 2.05) is 13.8 Å². The van der Waals surface area contributed by atoms with Gasteiger partial charge in [0.15, 0.2) is 0 Å². The predicted octanol–water partition coefficient (Wildman–Crippen LogP) is 1.40. The fraction of sp³-hybridized carbons (Fsp3) is 0.562. The Balaban J connectivity index is 1.91. The van der Waals surface area contributed by atoms with Crippen molar-refractivity contribution in [3.05, 3.63) is 23.8 Å². The molecule has 0 spiro atoms. The second-order valence-corrected chi connectivity index (χ2v) is 8.60. The lowest BCUT2D eigenvalue weighted by Gasteiger charge is -2.37. The average molecular weight is 338 g/mol. The summed E-state index contributed by atoms with van der Waals surface area (Å²) in [5.41, 5.74) is 1.25. The Morgan fingerprint density at radius 2 is 2.00 bits per heavy atom. The number of ether oxygens (including phenoxy) is 1. The maximum absolute atomic E-state index is 12.9. The molecule has 1 aromatic rings. The largest absolute Gasteiger partial charge is 0.373 e. The van der Waals surface area contributed by atoms with Gasteiger partial charge in [-0.2, -0.15) is 4.31 Å². The van der Waals surface area contributed by atoms with Crippen molar-refractivity contribution in [1.29, 1.82) is 0 Å². The summed E-state index contributed by atoms with van der Waals surface area (Å²) in [4.78, 5) is 13.6. The van der Waals surface area contributed by atoms with Gasteiger partial charge in [-0.3, -0.25) is 4.79 Å². The summed E-state index contributed by atoms with van der Waals surface area (Å²) >= 11 is 0. The van der Waals surface area contributed by atoms with E-state index >= 15 is 0 Å². The number of hydrogen-bond acceptors (Lipinski definition) is 4. The third-order valence-electron chi connectivity index (χ3n) is 4.36. The number of anilines is 1. The molecule has 0 unspecified atom stereocenters. The molecule has 1 fully saturated rings. The zero-order valence-electron chi connectivity index (χ0n) is 13.7. The van der Waals surface area contributed by atoms with E-state index in [9.17, 15) is 13.2 Å². The minimum absolute atomic E-state index is 0.0192. The van der Waals surface area contributed by atoms with Gasteiger partial charge in [0.1, 0.15) is 0 Å². The van der Waals surface area contributed by atoms with Crippen LogP contribution in [0.2, 0.25) is 0 Å². The molecule has 0 N–H and O–H groups in total. The third kappa shape index (κ3) is 3.00. The Labute approximate surface area is 137 Å². The maximum atomic E-state index is 12.9. The third-order valence-corrected chi connectivity index (χ3v) is 6.20. The van der Waals surface area contributed by atoms with Gasteiger partial charge in [-0.05, 0) is 44.0 Å². The number of benzene rings is 1. The molecule has 1 saturated heterocycles. The van der Waals surface area contributed by atoms with Gasteiger partial charge in [-0.25, -0.2) is 8.42 Å². The Morgan fingerprint density at radius 3 is 2.65 bits per heavy atom. The molecule has 23 heavy (non-hydrogen) atoms. The topological polar surface area (TPSA) is 66.9 Å². The molecule has 0 bridgehead atoms. The van der Waals surface area contributed by atoms with E-state index in [0.29, 0.717) is 37.6 Å². The van der Waals surface area contributed by atoms with Gasteiger partial charge in [0.25, 0.3) is 0 Å². The Hall–Kier alpha value is -1.44. The van der Waals surface area contributed by atoms with Crippen LogP contribution >= 0.6 is 0 Å². The summed E-state index contributed by atoms with van der Waals surface area (Å²) in [6.07, 6.45) is 0.687. The van der Waals surface area contributed by atoms with E-state index in [4.69, 9.17) is 4.74 Å². The van der Waals surface area contributed by atoms with Gasteiger partial charge in [-0.1, -0.05) is 0 Å². The van der Waals surface area contributed by atoms with E-state index in [-0.39, 0.29) is 5.91 Å². The normalized spacial score (nSPS) is 21.3. The Morgan fingerprint density at radius 1 is 1.26 bits per heavy atom. The monoisotopic (exact) mass is 338 g/mol. The van der Waals surface area contributed by atoms with E-state index in [1.165, 1.54) is 11.2 Å². The fourth-order valence-electron chi connectivity index (χ4n) is 3.19.